The second-order valence-electron chi connectivity index (χ2n) is 5.02. The van der Waals surface area contributed by atoms with Gasteiger partial charge in [0.15, 0.2) is 0 Å². The SMILES string of the molecule is O=C(OCc1ccccc1)N1CC(CC(F)(F)C(=O)O)C1. The minimum Gasteiger partial charge on any atom is -0.477 e. The topological polar surface area (TPSA) is 66.8 Å². The quantitative estimate of drug-likeness (QED) is 0.906. The molecule has 1 heterocycles. The Kier molecular flexibility index (Phi) is 4.40. The molecule has 0 aliphatic carbocycles. The number of rotatable bonds is 5. The molecule has 1 N–H and O–H groups in total. The Morgan fingerprint density at radius 2 is 1.90 bits per heavy atom. The fourth-order valence-electron chi connectivity index (χ4n) is 2.11. The van der Waals surface area contributed by atoms with Gasteiger partial charge in [0.25, 0.3) is 0 Å². The number of ether oxygens (including phenoxy) is 1. The van der Waals surface area contributed by atoms with Gasteiger partial charge in [-0.1, -0.05) is 30.3 Å². The smallest absolute Gasteiger partial charge is 0.410 e. The summed E-state index contributed by atoms with van der Waals surface area (Å²) in [5.41, 5.74) is 0.834. The fourth-order valence-corrected chi connectivity index (χ4v) is 2.11. The van der Waals surface area contributed by atoms with E-state index in [1.807, 2.05) is 18.2 Å². The summed E-state index contributed by atoms with van der Waals surface area (Å²) in [6.45, 7) is 0.305. The summed E-state index contributed by atoms with van der Waals surface area (Å²) in [6.07, 6.45) is -1.33. The zero-order valence-electron chi connectivity index (χ0n) is 11.2. The van der Waals surface area contributed by atoms with Crippen LogP contribution in [0.5, 0.6) is 0 Å². The lowest BCUT2D eigenvalue weighted by molar-refractivity contribution is -0.169. The van der Waals surface area contributed by atoms with E-state index in [0.29, 0.717) is 0 Å². The molecule has 0 unspecified atom stereocenters. The number of alkyl halides is 2. The molecule has 114 valence electrons. The Morgan fingerprint density at radius 1 is 1.29 bits per heavy atom. The van der Waals surface area contributed by atoms with Gasteiger partial charge in [-0.2, -0.15) is 8.78 Å². The molecular formula is C14H15F2NO4. The van der Waals surface area contributed by atoms with Crippen LogP contribution in [0.4, 0.5) is 13.6 Å². The highest BCUT2D eigenvalue weighted by molar-refractivity contribution is 5.75. The van der Waals surface area contributed by atoms with Crippen LogP contribution in [-0.2, 0) is 16.1 Å². The Bertz CT molecular complexity index is 515. The number of hydrogen-bond acceptors (Lipinski definition) is 3. The molecule has 2 rings (SSSR count). The van der Waals surface area contributed by atoms with Crippen molar-refractivity contribution in [2.45, 2.75) is 19.0 Å². The molecule has 1 aliphatic heterocycles. The minimum atomic E-state index is -3.75. The molecule has 0 bridgehead atoms. The van der Waals surface area contributed by atoms with Crippen LogP contribution in [0.3, 0.4) is 0 Å². The Balaban J connectivity index is 1.72. The van der Waals surface area contributed by atoms with Crippen LogP contribution >= 0.6 is 0 Å². The number of carboxylic acid groups (broad SMARTS) is 1. The number of nitrogens with zero attached hydrogens (tertiary/aromatic N) is 1. The Labute approximate surface area is 120 Å². The maximum Gasteiger partial charge on any atom is 0.410 e. The van der Waals surface area contributed by atoms with Gasteiger partial charge in [-0.05, 0) is 5.56 Å². The average Bonchev–Trinajstić information content (AvgIpc) is 2.40. The maximum atomic E-state index is 13.0. The van der Waals surface area contributed by atoms with Crippen molar-refractivity contribution >= 4 is 12.1 Å². The number of likely N-dealkylation sites (tertiary alicyclic amines) is 1. The normalized spacial score (nSPS) is 15.4. The van der Waals surface area contributed by atoms with Gasteiger partial charge in [0.1, 0.15) is 6.61 Å². The number of halogens is 2. The fraction of sp³-hybridized carbons (Fsp3) is 0.429. The molecular weight excluding hydrogens is 284 g/mol. The third-order valence-corrected chi connectivity index (χ3v) is 3.28. The highest BCUT2D eigenvalue weighted by Gasteiger charge is 2.45. The van der Waals surface area contributed by atoms with E-state index in [1.54, 1.807) is 12.1 Å². The van der Waals surface area contributed by atoms with Crippen molar-refractivity contribution in [1.29, 1.82) is 0 Å². The molecule has 1 aromatic rings. The number of hydrogen-bond donors (Lipinski definition) is 1. The van der Waals surface area contributed by atoms with Crippen molar-refractivity contribution in [2.24, 2.45) is 5.92 Å². The first-order chi connectivity index (χ1) is 9.88. The zero-order chi connectivity index (χ0) is 15.5. The van der Waals surface area contributed by atoms with Gasteiger partial charge in [-0.3, -0.25) is 0 Å². The van der Waals surface area contributed by atoms with Crippen LogP contribution in [0.1, 0.15) is 12.0 Å². The predicted molar refractivity (Wildman–Crippen MR) is 68.9 cm³/mol. The van der Waals surface area contributed by atoms with Crippen molar-refractivity contribution < 1.29 is 28.2 Å². The van der Waals surface area contributed by atoms with E-state index in [0.717, 1.165) is 5.56 Å². The van der Waals surface area contributed by atoms with Crippen LogP contribution in [0, 0.1) is 5.92 Å². The molecule has 1 fully saturated rings. The zero-order valence-corrected chi connectivity index (χ0v) is 11.2. The van der Waals surface area contributed by atoms with Crippen molar-refractivity contribution in [3.8, 4) is 0 Å². The van der Waals surface area contributed by atoms with Crippen molar-refractivity contribution in [2.75, 3.05) is 13.1 Å². The molecule has 5 nitrogen and oxygen atoms in total. The Morgan fingerprint density at radius 3 is 2.48 bits per heavy atom. The van der Waals surface area contributed by atoms with Gasteiger partial charge < -0.3 is 14.7 Å². The monoisotopic (exact) mass is 299 g/mol. The van der Waals surface area contributed by atoms with Gasteiger partial charge in [0.05, 0.1) is 0 Å². The molecule has 1 aromatic carbocycles. The van der Waals surface area contributed by atoms with Crippen molar-refractivity contribution in [1.82, 2.24) is 4.90 Å². The summed E-state index contributed by atoms with van der Waals surface area (Å²) in [7, 11) is 0. The summed E-state index contributed by atoms with van der Waals surface area (Å²) in [4.78, 5) is 23.2. The molecule has 0 radical (unpaired) electrons. The second-order valence-corrected chi connectivity index (χ2v) is 5.02. The Hall–Kier alpha value is -2.18. The molecule has 0 atom stereocenters. The minimum absolute atomic E-state index is 0.0937. The van der Waals surface area contributed by atoms with Crippen LogP contribution in [0.2, 0.25) is 0 Å². The van der Waals surface area contributed by atoms with Gasteiger partial charge in [-0.15, -0.1) is 0 Å². The number of benzene rings is 1. The van der Waals surface area contributed by atoms with Crippen LogP contribution in [0.15, 0.2) is 30.3 Å². The summed E-state index contributed by atoms with van der Waals surface area (Å²) >= 11 is 0. The van der Waals surface area contributed by atoms with E-state index in [2.05, 4.69) is 0 Å². The average molecular weight is 299 g/mol. The highest BCUT2D eigenvalue weighted by atomic mass is 19.3. The number of carbonyl (C=O) groups is 2. The number of carbonyl (C=O) groups excluding carboxylic acids is 1. The molecule has 0 spiro atoms. The highest BCUT2D eigenvalue weighted by Crippen LogP contribution is 2.30. The first-order valence-electron chi connectivity index (χ1n) is 6.45. The summed E-state index contributed by atoms with van der Waals surface area (Å²) < 4.78 is 31.0. The molecule has 1 amide bonds. The molecule has 0 saturated carbocycles. The van der Waals surface area contributed by atoms with E-state index in [1.165, 1.54) is 4.90 Å². The third kappa shape index (κ3) is 3.90. The summed E-state index contributed by atoms with van der Waals surface area (Å²) in [6, 6.07) is 9.08. The lowest BCUT2D eigenvalue weighted by Crippen LogP contribution is -2.52. The lowest BCUT2D eigenvalue weighted by atomic mass is 9.93. The van der Waals surface area contributed by atoms with Crippen LogP contribution < -0.4 is 0 Å². The third-order valence-electron chi connectivity index (χ3n) is 3.28. The molecule has 1 saturated heterocycles. The molecule has 21 heavy (non-hydrogen) atoms. The van der Waals surface area contributed by atoms with E-state index >= 15 is 0 Å². The van der Waals surface area contributed by atoms with Gasteiger partial charge >= 0.3 is 18.0 Å². The largest absolute Gasteiger partial charge is 0.477 e. The lowest BCUT2D eigenvalue weighted by Gasteiger charge is -2.39. The first kappa shape index (κ1) is 15.2. The van der Waals surface area contributed by atoms with Gasteiger partial charge in [0.2, 0.25) is 0 Å². The molecule has 7 heteroatoms. The first-order valence-corrected chi connectivity index (χ1v) is 6.45. The summed E-state index contributed by atoms with van der Waals surface area (Å²) in [5, 5.41) is 8.34. The number of aliphatic carboxylic acids is 1. The standard InChI is InChI=1S/C14H15F2NO4/c15-14(16,12(18)19)6-11-7-17(8-11)13(20)21-9-10-4-2-1-3-5-10/h1-5,11H,6-9H2,(H,18,19). The van der Waals surface area contributed by atoms with E-state index in [-0.39, 0.29) is 19.7 Å². The second kappa shape index (κ2) is 6.07. The van der Waals surface area contributed by atoms with E-state index < -0.39 is 30.3 Å². The van der Waals surface area contributed by atoms with Crippen LogP contribution in [0.25, 0.3) is 0 Å². The van der Waals surface area contributed by atoms with E-state index in [9.17, 15) is 18.4 Å². The van der Waals surface area contributed by atoms with Crippen LogP contribution in [-0.4, -0.2) is 41.1 Å². The van der Waals surface area contributed by atoms with Gasteiger partial charge in [-0.25, -0.2) is 9.59 Å². The summed E-state index contributed by atoms with van der Waals surface area (Å²) in [5.74, 6) is -6.39. The maximum absolute atomic E-state index is 13.0. The molecule has 0 aromatic heterocycles. The number of amides is 1. The predicted octanol–water partition coefficient (Wildman–Crippen LogP) is 2.37. The van der Waals surface area contributed by atoms with Crippen molar-refractivity contribution in [3.63, 3.8) is 0 Å². The van der Waals surface area contributed by atoms with E-state index in [4.69, 9.17) is 9.84 Å². The van der Waals surface area contributed by atoms with Gasteiger partial charge in [0, 0.05) is 25.4 Å². The number of carboxylic acids is 1. The molecule has 1 aliphatic rings. The van der Waals surface area contributed by atoms with Crippen molar-refractivity contribution in [3.05, 3.63) is 35.9 Å².